The van der Waals surface area contributed by atoms with Crippen molar-refractivity contribution in [3.05, 3.63) is 35.9 Å². The summed E-state index contributed by atoms with van der Waals surface area (Å²) in [6, 6.07) is 11.0. The largest absolute Gasteiger partial charge is 0.379 e. The number of nitrogens with one attached hydrogen (secondary N) is 2. The molecule has 1 aliphatic rings. The van der Waals surface area contributed by atoms with Crippen LogP contribution in [0.5, 0.6) is 0 Å². The molecule has 5 nitrogen and oxygen atoms in total. The summed E-state index contributed by atoms with van der Waals surface area (Å²) in [5.74, 6) is 0.861. The van der Waals surface area contributed by atoms with Crippen LogP contribution in [-0.2, 0) is 15.9 Å². The monoisotopic (exact) mass is 475 g/mol. The molecule has 26 heavy (non-hydrogen) atoms. The highest BCUT2D eigenvalue weighted by Crippen LogP contribution is 2.11. The smallest absolute Gasteiger partial charge is 0.191 e. The molecule has 2 N–H and O–H groups in total. The molecule has 148 valence electrons. The van der Waals surface area contributed by atoms with Crippen LogP contribution in [0, 0.1) is 0 Å². The van der Waals surface area contributed by atoms with Gasteiger partial charge in [-0.15, -0.1) is 24.0 Å². The summed E-state index contributed by atoms with van der Waals surface area (Å²) < 4.78 is 11.2. The van der Waals surface area contributed by atoms with Gasteiger partial charge < -0.3 is 20.1 Å². The highest BCUT2D eigenvalue weighted by atomic mass is 127. The van der Waals surface area contributed by atoms with E-state index in [1.165, 1.54) is 12.0 Å². The number of ether oxygens (including phenoxy) is 2. The van der Waals surface area contributed by atoms with Crippen LogP contribution in [-0.4, -0.2) is 51.5 Å². The Balaban J connectivity index is 0.00000338. The molecule has 0 amide bonds. The van der Waals surface area contributed by atoms with Gasteiger partial charge >= 0.3 is 0 Å². The lowest BCUT2D eigenvalue weighted by Gasteiger charge is -2.18. The van der Waals surface area contributed by atoms with Crippen molar-refractivity contribution in [2.45, 2.75) is 51.2 Å². The van der Waals surface area contributed by atoms with Crippen molar-refractivity contribution in [1.29, 1.82) is 0 Å². The Hall–Kier alpha value is -0.860. The van der Waals surface area contributed by atoms with E-state index in [-0.39, 0.29) is 24.0 Å². The van der Waals surface area contributed by atoms with E-state index in [1.807, 2.05) is 7.05 Å². The molecule has 1 aliphatic heterocycles. The second-order valence-corrected chi connectivity index (χ2v) is 6.63. The fraction of sp³-hybridized carbons (Fsp3) is 0.650. The van der Waals surface area contributed by atoms with Crippen LogP contribution in [0.3, 0.4) is 0 Å². The van der Waals surface area contributed by atoms with Crippen LogP contribution in [0.2, 0.25) is 0 Å². The lowest BCUT2D eigenvalue weighted by atomic mass is 10.1. The molecular weight excluding hydrogens is 441 g/mol. The Labute approximate surface area is 175 Å². The van der Waals surface area contributed by atoms with Crippen molar-refractivity contribution in [2.24, 2.45) is 4.99 Å². The highest BCUT2D eigenvalue weighted by molar-refractivity contribution is 14.0. The molecule has 2 rings (SSSR count). The van der Waals surface area contributed by atoms with E-state index in [0.29, 0.717) is 12.1 Å². The Morgan fingerprint density at radius 2 is 2.15 bits per heavy atom. The minimum atomic E-state index is 0. The molecule has 1 fully saturated rings. The summed E-state index contributed by atoms with van der Waals surface area (Å²) in [4.78, 5) is 4.30. The number of rotatable bonds is 10. The van der Waals surface area contributed by atoms with Crippen molar-refractivity contribution in [3.63, 3.8) is 0 Å². The van der Waals surface area contributed by atoms with E-state index >= 15 is 0 Å². The van der Waals surface area contributed by atoms with Crippen LogP contribution < -0.4 is 10.6 Å². The summed E-state index contributed by atoms with van der Waals surface area (Å²) in [5.41, 5.74) is 1.38. The van der Waals surface area contributed by atoms with Gasteiger partial charge in [0.1, 0.15) is 0 Å². The fourth-order valence-corrected chi connectivity index (χ4v) is 2.90. The van der Waals surface area contributed by atoms with Crippen LogP contribution in [0.15, 0.2) is 35.3 Å². The number of aryl methyl sites for hydroxylation is 1. The van der Waals surface area contributed by atoms with Crippen molar-refractivity contribution < 1.29 is 9.47 Å². The Kier molecular flexibility index (Phi) is 12.7. The molecule has 1 saturated heterocycles. The molecule has 0 spiro atoms. The summed E-state index contributed by atoms with van der Waals surface area (Å²) in [7, 11) is 1.81. The zero-order chi connectivity index (χ0) is 17.7. The van der Waals surface area contributed by atoms with Gasteiger partial charge in [-0.1, -0.05) is 30.3 Å². The fourth-order valence-electron chi connectivity index (χ4n) is 2.90. The van der Waals surface area contributed by atoms with Gasteiger partial charge in [0, 0.05) is 32.8 Å². The predicted molar refractivity (Wildman–Crippen MR) is 119 cm³/mol. The molecule has 2 unspecified atom stereocenters. The highest BCUT2D eigenvalue weighted by Gasteiger charge is 2.14. The van der Waals surface area contributed by atoms with E-state index < -0.39 is 0 Å². The summed E-state index contributed by atoms with van der Waals surface area (Å²) in [6.45, 7) is 5.42. The molecule has 0 radical (unpaired) electrons. The average Bonchev–Trinajstić information content (AvgIpc) is 3.16. The molecule has 0 aliphatic carbocycles. The summed E-state index contributed by atoms with van der Waals surface area (Å²) in [6.07, 6.45) is 5.73. The average molecular weight is 475 g/mol. The van der Waals surface area contributed by atoms with E-state index in [4.69, 9.17) is 9.47 Å². The number of nitrogens with zero attached hydrogens (tertiary/aromatic N) is 1. The number of benzene rings is 1. The van der Waals surface area contributed by atoms with Gasteiger partial charge in [-0.05, 0) is 44.6 Å². The van der Waals surface area contributed by atoms with Crippen LogP contribution in [0.25, 0.3) is 0 Å². The number of aliphatic imine (C=N–C) groups is 1. The van der Waals surface area contributed by atoms with Gasteiger partial charge in [-0.3, -0.25) is 4.99 Å². The standard InChI is InChI=1S/C20H33N3O2.HI/c1-17(11-12-18-8-4-3-5-9-18)23-20(21-2)22-13-7-14-24-16-19-10-6-15-25-19;/h3-5,8-9,17,19H,6-7,10-16H2,1-2H3,(H2,21,22,23);1H. The first-order valence-corrected chi connectivity index (χ1v) is 9.48. The van der Waals surface area contributed by atoms with Gasteiger partial charge in [0.05, 0.1) is 12.7 Å². The van der Waals surface area contributed by atoms with Gasteiger partial charge in [0.2, 0.25) is 0 Å². The third kappa shape index (κ3) is 9.73. The van der Waals surface area contributed by atoms with E-state index in [1.54, 1.807) is 0 Å². The first-order valence-electron chi connectivity index (χ1n) is 9.48. The second kappa shape index (κ2) is 14.2. The molecule has 1 aromatic rings. The van der Waals surface area contributed by atoms with Crippen molar-refractivity contribution in [1.82, 2.24) is 10.6 Å². The lowest BCUT2D eigenvalue weighted by molar-refractivity contribution is 0.0168. The molecular formula is C20H34IN3O2. The number of hydrogen-bond donors (Lipinski definition) is 2. The molecule has 2 atom stereocenters. The lowest BCUT2D eigenvalue weighted by Crippen LogP contribution is -2.42. The maximum Gasteiger partial charge on any atom is 0.191 e. The van der Waals surface area contributed by atoms with E-state index in [9.17, 15) is 0 Å². The number of hydrogen-bond acceptors (Lipinski definition) is 3. The Morgan fingerprint density at radius 3 is 2.85 bits per heavy atom. The van der Waals surface area contributed by atoms with Crippen molar-refractivity contribution in [2.75, 3.05) is 33.4 Å². The van der Waals surface area contributed by atoms with Crippen LogP contribution in [0.1, 0.15) is 38.2 Å². The van der Waals surface area contributed by atoms with Crippen molar-refractivity contribution >= 4 is 29.9 Å². The number of halogens is 1. The van der Waals surface area contributed by atoms with E-state index in [2.05, 4.69) is 52.9 Å². The molecule has 0 bridgehead atoms. The minimum Gasteiger partial charge on any atom is -0.379 e. The third-order valence-corrected chi connectivity index (χ3v) is 4.40. The predicted octanol–water partition coefficient (Wildman–Crippen LogP) is 3.38. The molecule has 1 aromatic carbocycles. The quantitative estimate of drug-likeness (QED) is 0.236. The van der Waals surface area contributed by atoms with E-state index in [0.717, 1.165) is 58.0 Å². The summed E-state index contributed by atoms with van der Waals surface area (Å²) >= 11 is 0. The van der Waals surface area contributed by atoms with Crippen LogP contribution in [0.4, 0.5) is 0 Å². The summed E-state index contributed by atoms with van der Waals surface area (Å²) in [5, 5.41) is 6.81. The zero-order valence-electron chi connectivity index (χ0n) is 16.1. The SMILES string of the molecule is CN=C(NCCCOCC1CCCO1)NC(C)CCc1ccccc1.I. The first-order chi connectivity index (χ1) is 12.3. The Bertz CT molecular complexity index is 493. The molecule has 6 heteroatoms. The maximum absolute atomic E-state index is 5.68. The maximum atomic E-state index is 5.68. The van der Waals surface area contributed by atoms with Gasteiger partial charge in [-0.2, -0.15) is 0 Å². The first kappa shape index (κ1) is 23.2. The van der Waals surface area contributed by atoms with Gasteiger partial charge in [-0.25, -0.2) is 0 Å². The zero-order valence-corrected chi connectivity index (χ0v) is 18.4. The molecule has 0 saturated carbocycles. The minimum absolute atomic E-state index is 0. The molecule has 0 aromatic heterocycles. The third-order valence-electron chi connectivity index (χ3n) is 4.40. The Morgan fingerprint density at radius 1 is 1.35 bits per heavy atom. The van der Waals surface area contributed by atoms with Gasteiger partial charge in [0.15, 0.2) is 5.96 Å². The second-order valence-electron chi connectivity index (χ2n) is 6.63. The topological polar surface area (TPSA) is 54.9 Å². The normalized spacial score (nSPS) is 18.2. The van der Waals surface area contributed by atoms with Crippen LogP contribution >= 0.6 is 24.0 Å². The van der Waals surface area contributed by atoms with Crippen molar-refractivity contribution in [3.8, 4) is 0 Å². The molecule has 1 heterocycles. The van der Waals surface area contributed by atoms with Gasteiger partial charge in [0.25, 0.3) is 0 Å². The number of guanidine groups is 1.